The molecule has 0 aliphatic carbocycles. The van der Waals surface area contributed by atoms with Crippen LogP contribution < -0.4 is 5.73 Å². The summed E-state index contributed by atoms with van der Waals surface area (Å²) >= 11 is 0. The van der Waals surface area contributed by atoms with E-state index in [0.29, 0.717) is 19.4 Å². The molecular weight excluding hydrogens is 194 g/mol. The maximum absolute atomic E-state index is 10.9. The van der Waals surface area contributed by atoms with E-state index < -0.39 is 16.0 Å². The number of hydrogen-bond acceptors (Lipinski definition) is 5. The lowest BCUT2D eigenvalue weighted by Gasteiger charge is -2.22. The van der Waals surface area contributed by atoms with Gasteiger partial charge < -0.3 is 5.73 Å². The SMILES string of the molecule is COS(=O)(=O)OC(C)(C)CCCN. The first-order valence-corrected chi connectivity index (χ1v) is 5.37. The quantitative estimate of drug-likeness (QED) is 0.688. The predicted octanol–water partition coefficient (Wildman–Crippen LogP) is 0.412. The van der Waals surface area contributed by atoms with E-state index in [1.165, 1.54) is 0 Å². The van der Waals surface area contributed by atoms with Crippen molar-refractivity contribution in [2.45, 2.75) is 32.3 Å². The second-order valence-corrected chi connectivity index (χ2v) is 4.63. The first-order valence-electron chi connectivity index (χ1n) is 4.04. The van der Waals surface area contributed by atoms with Gasteiger partial charge in [-0.3, -0.25) is 4.18 Å². The number of rotatable bonds is 6. The first kappa shape index (κ1) is 12.8. The van der Waals surface area contributed by atoms with Crippen LogP contribution in [0.5, 0.6) is 0 Å². The molecule has 0 radical (unpaired) electrons. The molecule has 0 fully saturated rings. The second-order valence-electron chi connectivity index (χ2n) is 3.31. The molecule has 0 spiro atoms. The van der Waals surface area contributed by atoms with Crippen molar-refractivity contribution in [3.05, 3.63) is 0 Å². The molecule has 13 heavy (non-hydrogen) atoms. The third-order valence-corrected chi connectivity index (χ3v) is 2.58. The van der Waals surface area contributed by atoms with Crippen LogP contribution in [0.1, 0.15) is 26.7 Å². The zero-order chi connectivity index (χ0) is 10.5. The lowest BCUT2D eigenvalue weighted by atomic mass is 10.0. The molecule has 0 rings (SSSR count). The Labute approximate surface area is 79.5 Å². The van der Waals surface area contributed by atoms with Crippen molar-refractivity contribution in [3.63, 3.8) is 0 Å². The maximum atomic E-state index is 10.9. The Kier molecular flexibility index (Phi) is 4.83. The van der Waals surface area contributed by atoms with Crippen molar-refractivity contribution in [2.75, 3.05) is 13.7 Å². The van der Waals surface area contributed by atoms with Crippen molar-refractivity contribution in [2.24, 2.45) is 5.73 Å². The highest BCUT2D eigenvalue weighted by atomic mass is 32.3. The van der Waals surface area contributed by atoms with Crippen LogP contribution in [0.15, 0.2) is 0 Å². The average Bonchev–Trinajstić information content (AvgIpc) is 1.99. The fourth-order valence-corrected chi connectivity index (χ4v) is 1.58. The van der Waals surface area contributed by atoms with Crippen LogP contribution in [-0.2, 0) is 18.8 Å². The Bertz CT molecular complexity index is 235. The Morgan fingerprint density at radius 2 is 1.92 bits per heavy atom. The van der Waals surface area contributed by atoms with Crippen LogP contribution in [0, 0.1) is 0 Å². The molecule has 0 saturated carbocycles. The van der Waals surface area contributed by atoms with Crippen molar-refractivity contribution in [3.8, 4) is 0 Å². The van der Waals surface area contributed by atoms with Crippen molar-refractivity contribution >= 4 is 10.4 Å². The minimum atomic E-state index is -3.85. The van der Waals surface area contributed by atoms with Gasteiger partial charge in [0, 0.05) is 0 Å². The standard InChI is InChI=1S/C7H17NO4S/c1-7(2,5-4-6-8)12-13(9,10)11-3/h4-6,8H2,1-3H3. The summed E-state index contributed by atoms with van der Waals surface area (Å²) in [6, 6.07) is 0. The zero-order valence-electron chi connectivity index (χ0n) is 8.24. The van der Waals surface area contributed by atoms with E-state index in [2.05, 4.69) is 4.18 Å². The molecule has 0 atom stereocenters. The van der Waals surface area contributed by atoms with E-state index in [1.54, 1.807) is 13.8 Å². The third-order valence-electron chi connectivity index (χ3n) is 1.51. The van der Waals surface area contributed by atoms with Crippen LogP contribution in [0.3, 0.4) is 0 Å². The molecule has 5 nitrogen and oxygen atoms in total. The van der Waals surface area contributed by atoms with Gasteiger partial charge in [0.1, 0.15) is 0 Å². The molecule has 0 aliphatic rings. The summed E-state index contributed by atoms with van der Waals surface area (Å²) in [5.74, 6) is 0. The topological polar surface area (TPSA) is 78.6 Å². The second kappa shape index (κ2) is 4.90. The molecule has 0 aromatic carbocycles. The molecule has 0 aromatic rings. The summed E-state index contributed by atoms with van der Waals surface area (Å²) in [6.07, 6.45) is 1.29. The van der Waals surface area contributed by atoms with Gasteiger partial charge in [0.05, 0.1) is 12.7 Å². The lowest BCUT2D eigenvalue weighted by molar-refractivity contribution is 0.0834. The van der Waals surface area contributed by atoms with E-state index in [0.717, 1.165) is 7.11 Å². The van der Waals surface area contributed by atoms with Crippen LogP contribution in [0.2, 0.25) is 0 Å². The van der Waals surface area contributed by atoms with Gasteiger partial charge >= 0.3 is 10.4 Å². The fourth-order valence-electron chi connectivity index (χ4n) is 0.880. The van der Waals surface area contributed by atoms with Crippen LogP contribution >= 0.6 is 0 Å². The van der Waals surface area contributed by atoms with Crippen LogP contribution in [-0.4, -0.2) is 27.7 Å². The smallest absolute Gasteiger partial charge is 0.330 e. The van der Waals surface area contributed by atoms with Crippen molar-refractivity contribution in [1.82, 2.24) is 0 Å². The van der Waals surface area contributed by atoms with Gasteiger partial charge in [-0.25, -0.2) is 4.18 Å². The molecule has 0 unspecified atom stereocenters. The predicted molar refractivity (Wildman–Crippen MR) is 49.4 cm³/mol. The molecule has 0 bridgehead atoms. The molecule has 0 amide bonds. The zero-order valence-corrected chi connectivity index (χ0v) is 9.06. The van der Waals surface area contributed by atoms with Crippen molar-refractivity contribution < 1.29 is 16.8 Å². The van der Waals surface area contributed by atoms with Gasteiger partial charge in [0.25, 0.3) is 0 Å². The van der Waals surface area contributed by atoms with Gasteiger partial charge in [0.2, 0.25) is 0 Å². The summed E-state index contributed by atoms with van der Waals surface area (Å²) in [6.45, 7) is 3.87. The maximum Gasteiger partial charge on any atom is 0.400 e. The van der Waals surface area contributed by atoms with Gasteiger partial charge in [-0.2, -0.15) is 8.42 Å². The fraction of sp³-hybridized carbons (Fsp3) is 1.00. The highest BCUT2D eigenvalue weighted by Crippen LogP contribution is 2.19. The summed E-state index contributed by atoms with van der Waals surface area (Å²) < 4.78 is 30.7. The highest BCUT2D eigenvalue weighted by molar-refractivity contribution is 7.81. The molecule has 6 heteroatoms. The summed E-state index contributed by atoms with van der Waals surface area (Å²) in [5, 5.41) is 0. The average molecular weight is 211 g/mol. The summed E-state index contributed by atoms with van der Waals surface area (Å²) in [5.41, 5.74) is 4.54. The largest absolute Gasteiger partial charge is 0.400 e. The molecule has 0 aliphatic heterocycles. The number of nitrogens with two attached hydrogens (primary N) is 1. The van der Waals surface area contributed by atoms with E-state index in [9.17, 15) is 8.42 Å². The molecule has 0 aromatic heterocycles. The molecule has 2 N–H and O–H groups in total. The Hall–Kier alpha value is -0.170. The van der Waals surface area contributed by atoms with Gasteiger partial charge in [0.15, 0.2) is 0 Å². The minimum absolute atomic E-state index is 0.514. The van der Waals surface area contributed by atoms with E-state index in [-0.39, 0.29) is 0 Å². The Balaban J connectivity index is 4.16. The normalized spacial score (nSPS) is 13.2. The Morgan fingerprint density at radius 1 is 1.38 bits per heavy atom. The van der Waals surface area contributed by atoms with E-state index in [1.807, 2.05) is 0 Å². The lowest BCUT2D eigenvalue weighted by Crippen LogP contribution is -2.29. The summed E-state index contributed by atoms with van der Waals surface area (Å²) in [7, 11) is -2.78. The first-order chi connectivity index (χ1) is 5.83. The number of hydrogen-bond donors (Lipinski definition) is 1. The van der Waals surface area contributed by atoms with Gasteiger partial charge in [-0.05, 0) is 33.2 Å². The van der Waals surface area contributed by atoms with Crippen LogP contribution in [0.25, 0.3) is 0 Å². The molecular formula is C7H17NO4S. The monoisotopic (exact) mass is 211 g/mol. The molecule has 0 heterocycles. The molecule has 0 saturated heterocycles. The van der Waals surface area contributed by atoms with Gasteiger partial charge in [-0.1, -0.05) is 0 Å². The third kappa shape index (κ3) is 5.98. The van der Waals surface area contributed by atoms with Crippen molar-refractivity contribution in [1.29, 1.82) is 0 Å². The minimum Gasteiger partial charge on any atom is -0.330 e. The molecule has 80 valence electrons. The van der Waals surface area contributed by atoms with E-state index >= 15 is 0 Å². The Morgan fingerprint density at radius 3 is 2.31 bits per heavy atom. The van der Waals surface area contributed by atoms with Gasteiger partial charge in [-0.15, -0.1) is 0 Å². The van der Waals surface area contributed by atoms with Crippen LogP contribution in [0.4, 0.5) is 0 Å². The summed E-state index contributed by atoms with van der Waals surface area (Å²) in [4.78, 5) is 0. The van der Waals surface area contributed by atoms with E-state index in [4.69, 9.17) is 9.92 Å². The highest BCUT2D eigenvalue weighted by Gasteiger charge is 2.25.